The number of rotatable bonds is 12. The zero-order valence-electron chi connectivity index (χ0n) is 20.3. The lowest BCUT2D eigenvalue weighted by Crippen LogP contribution is -2.44. The molecule has 5 nitrogen and oxygen atoms in total. The second-order valence-corrected chi connectivity index (χ2v) is 9.12. The van der Waals surface area contributed by atoms with Crippen LogP contribution in [0.2, 0.25) is 5.02 Å². The van der Waals surface area contributed by atoms with Crippen LogP contribution in [0, 0.1) is 0 Å². The molecule has 0 heterocycles. The van der Waals surface area contributed by atoms with Crippen LogP contribution < -0.4 is 5.32 Å². The summed E-state index contributed by atoms with van der Waals surface area (Å²) in [6.07, 6.45) is 1.01. The average molecular weight is 493 g/mol. The Morgan fingerprint density at radius 3 is 2.14 bits per heavy atom. The van der Waals surface area contributed by atoms with Gasteiger partial charge < -0.3 is 15.0 Å². The van der Waals surface area contributed by atoms with Crippen molar-refractivity contribution in [2.45, 2.75) is 45.4 Å². The Hall–Kier alpha value is -3.15. The maximum atomic E-state index is 13.7. The van der Waals surface area contributed by atoms with Crippen molar-refractivity contribution in [1.82, 2.24) is 10.2 Å². The largest absolute Gasteiger partial charge is 0.379 e. The molecule has 1 atom stereocenters. The van der Waals surface area contributed by atoms with E-state index >= 15 is 0 Å². The molecule has 0 unspecified atom stereocenters. The van der Waals surface area contributed by atoms with Crippen LogP contribution in [0.4, 0.5) is 0 Å². The van der Waals surface area contributed by atoms with Gasteiger partial charge in [0, 0.05) is 24.7 Å². The minimum absolute atomic E-state index is 0.136. The fourth-order valence-electron chi connectivity index (χ4n) is 3.79. The highest BCUT2D eigenvalue weighted by Gasteiger charge is 2.31. The summed E-state index contributed by atoms with van der Waals surface area (Å²) in [7, 11) is 0. The molecular formula is C29H33ClN2O3. The monoisotopic (exact) mass is 492 g/mol. The van der Waals surface area contributed by atoms with Crippen LogP contribution in [-0.4, -0.2) is 36.0 Å². The molecule has 0 radical (unpaired) electrons. The van der Waals surface area contributed by atoms with Crippen LogP contribution >= 0.6 is 11.6 Å². The number of ether oxygens (including phenoxy) is 1. The SMILES string of the molecule is CC(C)OCCCNC(=O)[C@@H](c1ccccc1)N(Cc1ccccc1)C(=O)Cc1ccc(Cl)cc1. The molecule has 3 rings (SSSR count). The van der Waals surface area contributed by atoms with Gasteiger partial charge in [0.05, 0.1) is 12.5 Å². The van der Waals surface area contributed by atoms with Gasteiger partial charge in [-0.1, -0.05) is 84.4 Å². The van der Waals surface area contributed by atoms with Gasteiger partial charge in [0.1, 0.15) is 6.04 Å². The number of carbonyl (C=O) groups is 2. The molecule has 0 fully saturated rings. The lowest BCUT2D eigenvalue weighted by atomic mass is 10.0. The maximum Gasteiger partial charge on any atom is 0.247 e. The molecule has 0 bridgehead atoms. The van der Waals surface area contributed by atoms with E-state index in [4.69, 9.17) is 16.3 Å². The first kappa shape index (κ1) is 26.5. The molecule has 1 N–H and O–H groups in total. The Labute approximate surface area is 213 Å². The third-order valence-corrected chi connectivity index (χ3v) is 5.78. The molecular weight excluding hydrogens is 460 g/mol. The quantitative estimate of drug-likeness (QED) is 0.335. The van der Waals surface area contributed by atoms with Gasteiger partial charge in [-0.2, -0.15) is 0 Å². The number of carbonyl (C=O) groups excluding carboxylic acids is 2. The molecule has 0 spiro atoms. The smallest absolute Gasteiger partial charge is 0.247 e. The van der Waals surface area contributed by atoms with Crippen molar-refractivity contribution in [2.75, 3.05) is 13.2 Å². The van der Waals surface area contributed by atoms with Crippen LogP contribution in [0.5, 0.6) is 0 Å². The summed E-state index contributed by atoms with van der Waals surface area (Å²) < 4.78 is 5.58. The molecule has 3 aromatic carbocycles. The van der Waals surface area contributed by atoms with Crippen molar-refractivity contribution in [3.8, 4) is 0 Å². The molecule has 0 aliphatic rings. The summed E-state index contributed by atoms with van der Waals surface area (Å²) in [4.78, 5) is 28.8. The summed E-state index contributed by atoms with van der Waals surface area (Å²) in [6.45, 7) is 5.32. The summed E-state index contributed by atoms with van der Waals surface area (Å²) in [5.41, 5.74) is 2.57. The third kappa shape index (κ3) is 8.53. The first-order valence-electron chi connectivity index (χ1n) is 12.0. The Kier molecular flexibility index (Phi) is 10.3. The zero-order chi connectivity index (χ0) is 25.0. The van der Waals surface area contributed by atoms with E-state index in [-0.39, 0.29) is 24.3 Å². The first-order valence-corrected chi connectivity index (χ1v) is 12.3. The number of nitrogens with one attached hydrogen (secondary N) is 1. The van der Waals surface area contributed by atoms with Gasteiger partial charge in [0.25, 0.3) is 0 Å². The Balaban J connectivity index is 1.86. The van der Waals surface area contributed by atoms with Crippen molar-refractivity contribution < 1.29 is 14.3 Å². The molecule has 184 valence electrons. The highest BCUT2D eigenvalue weighted by atomic mass is 35.5. The molecule has 0 aliphatic carbocycles. The fraction of sp³-hybridized carbons (Fsp3) is 0.310. The zero-order valence-corrected chi connectivity index (χ0v) is 21.1. The number of nitrogens with zero attached hydrogens (tertiary/aromatic N) is 1. The highest BCUT2D eigenvalue weighted by molar-refractivity contribution is 6.30. The minimum atomic E-state index is -0.762. The molecule has 0 aromatic heterocycles. The summed E-state index contributed by atoms with van der Waals surface area (Å²) in [5, 5.41) is 3.63. The van der Waals surface area contributed by atoms with E-state index in [1.165, 1.54) is 0 Å². The minimum Gasteiger partial charge on any atom is -0.379 e. The highest BCUT2D eigenvalue weighted by Crippen LogP contribution is 2.25. The molecule has 6 heteroatoms. The van der Waals surface area contributed by atoms with Gasteiger partial charge in [-0.05, 0) is 49.1 Å². The molecule has 3 aromatic rings. The molecule has 2 amide bonds. The van der Waals surface area contributed by atoms with Crippen molar-refractivity contribution in [3.63, 3.8) is 0 Å². The van der Waals surface area contributed by atoms with Gasteiger partial charge >= 0.3 is 0 Å². The van der Waals surface area contributed by atoms with Gasteiger partial charge in [-0.25, -0.2) is 0 Å². The topological polar surface area (TPSA) is 58.6 Å². The predicted molar refractivity (Wildman–Crippen MR) is 140 cm³/mol. The number of hydrogen-bond donors (Lipinski definition) is 1. The van der Waals surface area contributed by atoms with E-state index < -0.39 is 6.04 Å². The molecule has 35 heavy (non-hydrogen) atoms. The van der Waals surface area contributed by atoms with Crippen molar-refractivity contribution in [1.29, 1.82) is 0 Å². The van der Waals surface area contributed by atoms with E-state index in [2.05, 4.69) is 5.32 Å². The van der Waals surface area contributed by atoms with E-state index in [9.17, 15) is 9.59 Å². The normalized spacial score (nSPS) is 11.8. The molecule has 0 aliphatic heterocycles. The standard InChI is InChI=1S/C29H33ClN2O3/c1-22(2)35-19-9-18-31-29(34)28(25-12-7-4-8-13-25)32(21-24-10-5-3-6-11-24)27(33)20-23-14-16-26(30)17-15-23/h3-8,10-17,22,28H,9,18-21H2,1-2H3,(H,31,34)/t28-/m1/s1. The number of benzene rings is 3. The number of amides is 2. The van der Waals surface area contributed by atoms with Crippen LogP contribution in [0.1, 0.15) is 43.0 Å². The van der Waals surface area contributed by atoms with Crippen molar-refractivity contribution in [2.24, 2.45) is 0 Å². The lowest BCUT2D eigenvalue weighted by molar-refractivity contribution is -0.141. The Morgan fingerprint density at radius 2 is 1.51 bits per heavy atom. The van der Waals surface area contributed by atoms with Gasteiger partial charge in [-0.15, -0.1) is 0 Å². The van der Waals surface area contributed by atoms with E-state index in [0.717, 1.165) is 16.7 Å². The van der Waals surface area contributed by atoms with Gasteiger partial charge in [-0.3, -0.25) is 9.59 Å². The summed E-state index contributed by atoms with van der Waals surface area (Å²) >= 11 is 6.02. The Bertz CT molecular complexity index is 1060. The fourth-order valence-corrected chi connectivity index (χ4v) is 3.92. The second-order valence-electron chi connectivity index (χ2n) is 8.69. The van der Waals surface area contributed by atoms with Gasteiger partial charge in [0.2, 0.25) is 11.8 Å². The molecule has 0 saturated heterocycles. The van der Waals surface area contributed by atoms with E-state index in [1.807, 2.05) is 86.6 Å². The number of halogens is 1. The van der Waals surface area contributed by atoms with Crippen LogP contribution in [0.15, 0.2) is 84.9 Å². The maximum absolute atomic E-state index is 13.7. The van der Waals surface area contributed by atoms with E-state index in [0.29, 0.717) is 31.1 Å². The summed E-state index contributed by atoms with van der Waals surface area (Å²) in [6, 6.07) is 25.6. The predicted octanol–water partition coefficient (Wildman–Crippen LogP) is 5.58. The van der Waals surface area contributed by atoms with Gasteiger partial charge in [0.15, 0.2) is 0 Å². The van der Waals surface area contributed by atoms with Crippen LogP contribution in [-0.2, 0) is 27.3 Å². The summed E-state index contributed by atoms with van der Waals surface area (Å²) in [5.74, 6) is -0.343. The lowest BCUT2D eigenvalue weighted by Gasteiger charge is -2.32. The van der Waals surface area contributed by atoms with Crippen LogP contribution in [0.3, 0.4) is 0 Å². The van der Waals surface area contributed by atoms with E-state index in [1.54, 1.807) is 17.0 Å². The third-order valence-electron chi connectivity index (χ3n) is 5.53. The van der Waals surface area contributed by atoms with Crippen molar-refractivity contribution in [3.05, 3.63) is 107 Å². The van der Waals surface area contributed by atoms with Crippen LogP contribution in [0.25, 0.3) is 0 Å². The second kappa shape index (κ2) is 13.7. The Morgan fingerprint density at radius 1 is 0.886 bits per heavy atom. The average Bonchev–Trinajstić information content (AvgIpc) is 2.86. The first-order chi connectivity index (χ1) is 16.9. The number of hydrogen-bond acceptors (Lipinski definition) is 3. The van der Waals surface area contributed by atoms with Crippen molar-refractivity contribution >= 4 is 23.4 Å². The molecule has 0 saturated carbocycles.